The molecule has 0 radical (unpaired) electrons. The lowest BCUT2D eigenvalue weighted by molar-refractivity contribution is 0.0660. The standard InChI is InChI=1S/C15H17NO3/c1-10-6-11(2)8-12(7-10)16(3)9-13-4-5-14(19-13)15(17)18/h4-8H,9H2,1-3H3,(H,17,18). The Balaban J connectivity index is 2.15. The molecule has 0 fully saturated rings. The predicted octanol–water partition coefficient (Wildman–Crippen LogP) is 3.23. The molecule has 2 aromatic rings. The molecule has 0 aliphatic heterocycles. The molecule has 0 bridgehead atoms. The van der Waals surface area contributed by atoms with E-state index in [9.17, 15) is 4.79 Å². The summed E-state index contributed by atoms with van der Waals surface area (Å²) in [6.45, 7) is 4.65. The lowest BCUT2D eigenvalue weighted by Crippen LogP contribution is -2.16. The highest BCUT2D eigenvalue weighted by molar-refractivity contribution is 5.84. The van der Waals surface area contributed by atoms with Gasteiger partial charge in [-0.3, -0.25) is 0 Å². The first-order valence-corrected chi connectivity index (χ1v) is 6.07. The van der Waals surface area contributed by atoms with Gasteiger partial charge in [-0.25, -0.2) is 4.79 Å². The van der Waals surface area contributed by atoms with Crippen LogP contribution in [0.15, 0.2) is 34.7 Å². The minimum Gasteiger partial charge on any atom is -0.475 e. The van der Waals surface area contributed by atoms with Crippen LogP contribution in [0.25, 0.3) is 0 Å². The van der Waals surface area contributed by atoms with Gasteiger partial charge in [-0.2, -0.15) is 0 Å². The summed E-state index contributed by atoms with van der Waals surface area (Å²) in [5.41, 5.74) is 3.49. The molecule has 0 atom stereocenters. The Morgan fingerprint density at radius 1 is 1.21 bits per heavy atom. The second-order valence-corrected chi connectivity index (χ2v) is 4.77. The fourth-order valence-electron chi connectivity index (χ4n) is 2.07. The summed E-state index contributed by atoms with van der Waals surface area (Å²) in [6, 6.07) is 9.48. The molecule has 0 unspecified atom stereocenters. The number of aryl methyl sites for hydroxylation is 2. The molecule has 0 aliphatic rings. The van der Waals surface area contributed by atoms with Crippen molar-refractivity contribution in [1.82, 2.24) is 0 Å². The van der Waals surface area contributed by atoms with Crippen molar-refractivity contribution in [1.29, 1.82) is 0 Å². The monoisotopic (exact) mass is 259 g/mol. The van der Waals surface area contributed by atoms with Crippen LogP contribution in [0.5, 0.6) is 0 Å². The second kappa shape index (κ2) is 5.18. The van der Waals surface area contributed by atoms with Crippen LogP contribution in [0.2, 0.25) is 0 Å². The maximum absolute atomic E-state index is 10.8. The Hall–Kier alpha value is -2.23. The van der Waals surface area contributed by atoms with Gasteiger partial charge in [0.25, 0.3) is 0 Å². The third kappa shape index (κ3) is 3.16. The maximum atomic E-state index is 10.8. The zero-order chi connectivity index (χ0) is 14.0. The highest BCUT2D eigenvalue weighted by Crippen LogP contribution is 2.20. The highest BCUT2D eigenvalue weighted by Gasteiger charge is 2.11. The molecule has 0 saturated carbocycles. The molecule has 1 aromatic carbocycles. The number of rotatable bonds is 4. The van der Waals surface area contributed by atoms with Gasteiger partial charge >= 0.3 is 5.97 Å². The molecule has 100 valence electrons. The molecule has 4 nitrogen and oxygen atoms in total. The van der Waals surface area contributed by atoms with E-state index in [1.807, 2.05) is 11.9 Å². The average Bonchev–Trinajstić information content (AvgIpc) is 2.76. The molecule has 0 saturated heterocycles. The Labute approximate surface area is 112 Å². The Morgan fingerprint density at radius 2 is 1.84 bits per heavy atom. The predicted molar refractivity (Wildman–Crippen MR) is 73.7 cm³/mol. The summed E-state index contributed by atoms with van der Waals surface area (Å²) < 4.78 is 5.26. The topological polar surface area (TPSA) is 53.7 Å². The first-order chi connectivity index (χ1) is 8.95. The molecule has 2 rings (SSSR count). The molecule has 0 amide bonds. The molecule has 1 N–H and O–H groups in total. The summed E-state index contributed by atoms with van der Waals surface area (Å²) in [4.78, 5) is 12.8. The van der Waals surface area contributed by atoms with Crippen molar-refractivity contribution in [3.05, 3.63) is 53.0 Å². The van der Waals surface area contributed by atoms with Crippen LogP contribution >= 0.6 is 0 Å². The SMILES string of the molecule is Cc1cc(C)cc(N(C)Cc2ccc(C(=O)O)o2)c1. The van der Waals surface area contributed by atoms with Crippen molar-refractivity contribution in [2.24, 2.45) is 0 Å². The third-order valence-electron chi connectivity index (χ3n) is 2.91. The average molecular weight is 259 g/mol. The van der Waals surface area contributed by atoms with E-state index in [0.29, 0.717) is 12.3 Å². The van der Waals surface area contributed by atoms with Crippen LogP contribution in [0, 0.1) is 13.8 Å². The smallest absolute Gasteiger partial charge is 0.371 e. The minimum atomic E-state index is -1.04. The lowest BCUT2D eigenvalue weighted by atomic mass is 10.1. The van der Waals surface area contributed by atoms with Crippen molar-refractivity contribution in [2.75, 3.05) is 11.9 Å². The van der Waals surface area contributed by atoms with Crippen molar-refractivity contribution in [3.8, 4) is 0 Å². The van der Waals surface area contributed by atoms with Gasteiger partial charge in [-0.05, 0) is 49.2 Å². The zero-order valence-electron chi connectivity index (χ0n) is 11.3. The number of aromatic carboxylic acids is 1. The summed E-state index contributed by atoms with van der Waals surface area (Å²) in [7, 11) is 1.96. The first kappa shape index (κ1) is 13.2. The molecule has 0 spiro atoms. The number of hydrogen-bond acceptors (Lipinski definition) is 3. The zero-order valence-corrected chi connectivity index (χ0v) is 11.3. The minimum absolute atomic E-state index is 0.0242. The van der Waals surface area contributed by atoms with Crippen LogP contribution in [0.3, 0.4) is 0 Å². The van der Waals surface area contributed by atoms with E-state index in [2.05, 4.69) is 32.0 Å². The van der Waals surface area contributed by atoms with Crippen LogP contribution in [0.4, 0.5) is 5.69 Å². The lowest BCUT2D eigenvalue weighted by Gasteiger charge is -2.19. The summed E-state index contributed by atoms with van der Waals surface area (Å²) >= 11 is 0. The van der Waals surface area contributed by atoms with Gasteiger partial charge in [-0.15, -0.1) is 0 Å². The van der Waals surface area contributed by atoms with Gasteiger partial charge in [0.2, 0.25) is 5.76 Å². The van der Waals surface area contributed by atoms with E-state index in [-0.39, 0.29) is 5.76 Å². The van der Waals surface area contributed by atoms with E-state index in [0.717, 1.165) is 5.69 Å². The normalized spacial score (nSPS) is 10.5. The number of carbonyl (C=O) groups is 1. The number of anilines is 1. The van der Waals surface area contributed by atoms with Crippen molar-refractivity contribution in [3.63, 3.8) is 0 Å². The van der Waals surface area contributed by atoms with Gasteiger partial charge in [0.05, 0.1) is 6.54 Å². The molecule has 19 heavy (non-hydrogen) atoms. The van der Waals surface area contributed by atoms with Crippen LogP contribution in [-0.2, 0) is 6.54 Å². The molecule has 0 aliphatic carbocycles. The molecular formula is C15H17NO3. The number of furan rings is 1. The van der Waals surface area contributed by atoms with Crippen LogP contribution in [-0.4, -0.2) is 18.1 Å². The Kier molecular flexibility index (Phi) is 3.60. The number of hydrogen-bond donors (Lipinski definition) is 1. The maximum Gasteiger partial charge on any atom is 0.371 e. The van der Waals surface area contributed by atoms with E-state index in [1.54, 1.807) is 6.07 Å². The molecule has 4 heteroatoms. The molecular weight excluding hydrogens is 242 g/mol. The van der Waals surface area contributed by atoms with Gasteiger partial charge in [-0.1, -0.05) is 6.07 Å². The molecule has 1 heterocycles. The van der Waals surface area contributed by atoms with E-state index >= 15 is 0 Å². The van der Waals surface area contributed by atoms with E-state index in [4.69, 9.17) is 9.52 Å². The molecule has 1 aromatic heterocycles. The second-order valence-electron chi connectivity index (χ2n) is 4.77. The quantitative estimate of drug-likeness (QED) is 0.915. The van der Waals surface area contributed by atoms with E-state index < -0.39 is 5.97 Å². The largest absolute Gasteiger partial charge is 0.475 e. The van der Waals surface area contributed by atoms with E-state index in [1.165, 1.54) is 17.2 Å². The van der Waals surface area contributed by atoms with Crippen LogP contribution in [0.1, 0.15) is 27.4 Å². The summed E-state index contributed by atoms with van der Waals surface area (Å²) in [5, 5.41) is 8.81. The Bertz CT molecular complexity index is 581. The summed E-state index contributed by atoms with van der Waals surface area (Å²) in [6.07, 6.45) is 0. The number of carboxylic acid groups (broad SMARTS) is 1. The van der Waals surface area contributed by atoms with Crippen molar-refractivity contribution in [2.45, 2.75) is 20.4 Å². The first-order valence-electron chi connectivity index (χ1n) is 6.07. The number of carboxylic acids is 1. The fourth-order valence-corrected chi connectivity index (χ4v) is 2.07. The van der Waals surface area contributed by atoms with Gasteiger partial charge in [0, 0.05) is 12.7 Å². The van der Waals surface area contributed by atoms with Gasteiger partial charge in [0.15, 0.2) is 0 Å². The highest BCUT2D eigenvalue weighted by atomic mass is 16.4. The Morgan fingerprint density at radius 3 is 2.37 bits per heavy atom. The third-order valence-corrected chi connectivity index (χ3v) is 2.91. The number of nitrogens with zero attached hydrogens (tertiary/aromatic N) is 1. The van der Waals surface area contributed by atoms with Crippen LogP contribution < -0.4 is 4.90 Å². The summed E-state index contributed by atoms with van der Waals surface area (Å²) in [5.74, 6) is -0.428. The number of benzene rings is 1. The van der Waals surface area contributed by atoms with Crippen molar-refractivity contribution < 1.29 is 14.3 Å². The fraction of sp³-hybridized carbons (Fsp3) is 0.267. The van der Waals surface area contributed by atoms with Gasteiger partial charge < -0.3 is 14.4 Å². The van der Waals surface area contributed by atoms with Gasteiger partial charge in [0.1, 0.15) is 5.76 Å². The van der Waals surface area contributed by atoms with Crippen molar-refractivity contribution >= 4 is 11.7 Å².